The highest BCUT2D eigenvalue weighted by molar-refractivity contribution is 5.85. The lowest BCUT2D eigenvalue weighted by atomic mass is 10.2. The van der Waals surface area contributed by atoms with Crippen molar-refractivity contribution in [2.75, 3.05) is 6.61 Å². The average Bonchev–Trinajstić information content (AvgIpc) is 2.67. The SMILES string of the molecule is CCOC(=O)Cc1cc2ccccc2n1CC(N)=O. The number of rotatable bonds is 5. The summed E-state index contributed by atoms with van der Waals surface area (Å²) in [4.78, 5) is 22.7. The molecule has 0 aliphatic heterocycles. The molecule has 5 heteroatoms. The first-order chi connectivity index (χ1) is 9.11. The number of ether oxygens (including phenoxy) is 1. The third-order valence-corrected chi connectivity index (χ3v) is 2.84. The molecule has 0 bridgehead atoms. The van der Waals surface area contributed by atoms with Crippen LogP contribution in [0.25, 0.3) is 10.9 Å². The summed E-state index contributed by atoms with van der Waals surface area (Å²) in [7, 11) is 0. The van der Waals surface area contributed by atoms with Gasteiger partial charge >= 0.3 is 5.97 Å². The van der Waals surface area contributed by atoms with Crippen LogP contribution in [0.3, 0.4) is 0 Å². The van der Waals surface area contributed by atoms with E-state index < -0.39 is 5.91 Å². The topological polar surface area (TPSA) is 74.3 Å². The van der Waals surface area contributed by atoms with Gasteiger partial charge in [-0.25, -0.2) is 0 Å². The van der Waals surface area contributed by atoms with E-state index in [0.29, 0.717) is 6.61 Å². The molecule has 5 nitrogen and oxygen atoms in total. The molecule has 0 atom stereocenters. The maximum Gasteiger partial charge on any atom is 0.311 e. The van der Waals surface area contributed by atoms with Crippen LogP contribution in [0.5, 0.6) is 0 Å². The molecule has 0 aliphatic carbocycles. The number of nitrogens with two attached hydrogens (primary N) is 1. The molecule has 2 aromatic rings. The summed E-state index contributed by atoms with van der Waals surface area (Å²) in [5, 5.41) is 0.975. The lowest BCUT2D eigenvalue weighted by Crippen LogP contribution is -2.21. The van der Waals surface area contributed by atoms with Crippen molar-refractivity contribution in [1.29, 1.82) is 0 Å². The number of benzene rings is 1. The van der Waals surface area contributed by atoms with Gasteiger partial charge in [0.2, 0.25) is 5.91 Å². The minimum absolute atomic E-state index is 0.0578. The second-order valence-electron chi connectivity index (χ2n) is 4.23. The van der Waals surface area contributed by atoms with Crippen molar-refractivity contribution in [2.24, 2.45) is 5.73 Å². The molecule has 0 radical (unpaired) electrons. The fourth-order valence-corrected chi connectivity index (χ4v) is 2.12. The molecule has 2 N–H and O–H groups in total. The monoisotopic (exact) mass is 260 g/mol. The lowest BCUT2D eigenvalue weighted by molar-refractivity contribution is -0.142. The number of carbonyl (C=O) groups excluding carboxylic acids is 2. The summed E-state index contributed by atoms with van der Waals surface area (Å²) in [5.74, 6) is -0.748. The highest BCUT2D eigenvalue weighted by Crippen LogP contribution is 2.20. The van der Waals surface area contributed by atoms with Crippen molar-refractivity contribution in [3.8, 4) is 0 Å². The fourth-order valence-electron chi connectivity index (χ4n) is 2.12. The normalized spacial score (nSPS) is 10.6. The fraction of sp³-hybridized carbons (Fsp3) is 0.286. The van der Waals surface area contributed by atoms with E-state index in [1.54, 1.807) is 11.5 Å². The highest BCUT2D eigenvalue weighted by atomic mass is 16.5. The molecule has 0 unspecified atom stereocenters. The van der Waals surface area contributed by atoms with Crippen LogP contribution in [0.2, 0.25) is 0 Å². The predicted molar refractivity (Wildman–Crippen MR) is 71.5 cm³/mol. The summed E-state index contributed by atoms with van der Waals surface area (Å²) in [6.07, 6.45) is 0.135. The van der Waals surface area contributed by atoms with Gasteiger partial charge in [-0.15, -0.1) is 0 Å². The van der Waals surface area contributed by atoms with E-state index in [-0.39, 0.29) is 18.9 Å². The summed E-state index contributed by atoms with van der Waals surface area (Å²) in [6, 6.07) is 9.50. The number of esters is 1. The van der Waals surface area contributed by atoms with Crippen LogP contribution in [0, 0.1) is 0 Å². The van der Waals surface area contributed by atoms with Crippen LogP contribution in [0.15, 0.2) is 30.3 Å². The Hall–Kier alpha value is -2.30. The van der Waals surface area contributed by atoms with E-state index >= 15 is 0 Å². The Labute approximate surface area is 110 Å². The van der Waals surface area contributed by atoms with Gasteiger partial charge in [-0.2, -0.15) is 0 Å². The number of nitrogens with zero attached hydrogens (tertiary/aromatic N) is 1. The van der Waals surface area contributed by atoms with E-state index in [0.717, 1.165) is 16.6 Å². The second-order valence-corrected chi connectivity index (χ2v) is 4.23. The number of aromatic nitrogens is 1. The molecule has 0 aliphatic rings. The third-order valence-electron chi connectivity index (χ3n) is 2.84. The van der Waals surface area contributed by atoms with Crippen molar-refractivity contribution in [1.82, 2.24) is 4.57 Å². The number of para-hydroxylation sites is 1. The van der Waals surface area contributed by atoms with Gasteiger partial charge < -0.3 is 15.0 Å². The zero-order chi connectivity index (χ0) is 13.8. The van der Waals surface area contributed by atoms with Crippen molar-refractivity contribution < 1.29 is 14.3 Å². The van der Waals surface area contributed by atoms with Gasteiger partial charge in [0, 0.05) is 11.2 Å². The van der Waals surface area contributed by atoms with Crippen LogP contribution >= 0.6 is 0 Å². The van der Waals surface area contributed by atoms with Gasteiger partial charge in [0.25, 0.3) is 0 Å². The van der Waals surface area contributed by atoms with Gasteiger partial charge in [0.15, 0.2) is 0 Å². The first-order valence-corrected chi connectivity index (χ1v) is 6.13. The highest BCUT2D eigenvalue weighted by Gasteiger charge is 2.13. The van der Waals surface area contributed by atoms with E-state index in [1.807, 2.05) is 30.3 Å². The molecule has 1 aromatic heterocycles. The first-order valence-electron chi connectivity index (χ1n) is 6.13. The van der Waals surface area contributed by atoms with Crippen LogP contribution in [0.1, 0.15) is 12.6 Å². The Kier molecular flexibility index (Phi) is 3.85. The molecule has 0 spiro atoms. The molecule has 1 aromatic carbocycles. The van der Waals surface area contributed by atoms with Crippen molar-refractivity contribution >= 4 is 22.8 Å². The summed E-state index contributed by atoms with van der Waals surface area (Å²) < 4.78 is 6.69. The molecule has 0 fully saturated rings. The zero-order valence-corrected chi connectivity index (χ0v) is 10.8. The van der Waals surface area contributed by atoms with Gasteiger partial charge in [-0.05, 0) is 24.4 Å². The Morgan fingerprint density at radius 1 is 1.32 bits per heavy atom. The van der Waals surface area contributed by atoms with Crippen LogP contribution in [0.4, 0.5) is 0 Å². The van der Waals surface area contributed by atoms with Crippen LogP contribution in [-0.4, -0.2) is 23.1 Å². The Morgan fingerprint density at radius 2 is 2.05 bits per heavy atom. The summed E-state index contributed by atoms with van der Waals surface area (Å²) >= 11 is 0. The molecule has 100 valence electrons. The standard InChI is InChI=1S/C14H16N2O3/c1-2-19-14(18)8-11-7-10-5-3-4-6-12(10)16(11)9-13(15)17/h3-7H,2,8-9H2,1H3,(H2,15,17). The molecular weight excluding hydrogens is 244 g/mol. The largest absolute Gasteiger partial charge is 0.466 e. The Bertz CT molecular complexity index is 616. The first kappa shape index (κ1) is 13.1. The third kappa shape index (κ3) is 2.93. The van der Waals surface area contributed by atoms with Crippen molar-refractivity contribution in [3.05, 3.63) is 36.0 Å². The van der Waals surface area contributed by atoms with E-state index in [2.05, 4.69) is 0 Å². The van der Waals surface area contributed by atoms with E-state index in [9.17, 15) is 9.59 Å². The van der Waals surface area contributed by atoms with Crippen molar-refractivity contribution in [2.45, 2.75) is 19.9 Å². The second kappa shape index (κ2) is 5.56. The average molecular weight is 260 g/mol. The number of carbonyl (C=O) groups is 2. The number of primary amides is 1. The maximum atomic E-state index is 11.6. The Morgan fingerprint density at radius 3 is 2.74 bits per heavy atom. The molecular formula is C14H16N2O3. The summed E-state index contributed by atoms with van der Waals surface area (Å²) in [5.41, 5.74) is 6.88. The van der Waals surface area contributed by atoms with E-state index in [1.165, 1.54) is 0 Å². The Balaban J connectivity index is 2.40. The lowest BCUT2D eigenvalue weighted by Gasteiger charge is -2.08. The van der Waals surface area contributed by atoms with Gasteiger partial charge in [-0.3, -0.25) is 9.59 Å². The minimum Gasteiger partial charge on any atom is -0.466 e. The predicted octanol–water partition coefficient (Wildman–Crippen LogP) is 1.23. The quantitative estimate of drug-likeness (QED) is 0.822. The van der Waals surface area contributed by atoms with E-state index in [4.69, 9.17) is 10.5 Å². The van der Waals surface area contributed by atoms with Gasteiger partial charge in [0.05, 0.1) is 13.0 Å². The molecule has 1 amide bonds. The van der Waals surface area contributed by atoms with Crippen LogP contribution in [-0.2, 0) is 27.3 Å². The molecule has 19 heavy (non-hydrogen) atoms. The molecule has 2 rings (SSSR count). The molecule has 1 heterocycles. The number of hydrogen-bond acceptors (Lipinski definition) is 3. The minimum atomic E-state index is -0.438. The van der Waals surface area contributed by atoms with Crippen LogP contribution < -0.4 is 5.73 Å². The smallest absolute Gasteiger partial charge is 0.311 e. The summed E-state index contributed by atoms with van der Waals surface area (Å²) in [6.45, 7) is 2.16. The van der Waals surface area contributed by atoms with Gasteiger partial charge in [0.1, 0.15) is 6.54 Å². The van der Waals surface area contributed by atoms with Crippen molar-refractivity contribution in [3.63, 3.8) is 0 Å². The number of fused-ring (bicyclic) bond motifs is 1. The maximum absolute atomic E-state index is 11.6. The number of hydrogen-bond donors (Lipinski definition) is 1. The zero-order valence-electron chi connectivity index (χ0n) is 10.8. The number of amides is 1. The van der Waals surface area contributed by atoms with Gasteiger partial charge in [-0.1, -0.05) is 18.2 Å². The molecule has 0 saturated heterocycles. The molecule has 0 saturated carbocycles.